The summed E-state index contributed by atoms with van der Waals surface area (Å²) >= 11 is 0. The Hall–Kier alpha value is -2.98. The highest BCUT2D eigenvalue weighted by atomic mass is 16.6. The maximum absolute atomic E-state index is 13.5. The predicted molar refractivity (Wildman–Crippen MR) is 145 cm³/mol. The smallest absolute Gasteiger partial charge is 0.338 e. The lowest BCUT2D eigenvalue weighted by Crippen LogP contribution is -2.81. The van der Waals surface area contributed by atoms with Crippen LogP contribution in [0.25, 0.3) is 0 Å². The summed E-state index contributed by atoms with van der Waals surface area (Å²) in [7, 11) is 0. The van der Waals surface area contributed by atoms with Gasteiger partial charge >= 0.3 is 23.9 Å². The maximum Gasteiger partial charge on any atom is 0.338 e. The third kappa shape index (κ3) is 5.03. The summed E-state index contributed by atoms with van der Waals surface area (Å²) in [5, 5.41) is 12.2. The third-order valence-corrected chi connectivity index (χ3v) is 9.42. The van der Waals surface area contributed by atoms with Crippen LogP contribution in [-0.2, 0) is 38.1 Å². The van der Waals surface area contributed by atoms with Gasteiger partial charge in [-0.2, -0.15) is 0 Å². The molecule has 8 atom stereocenters. The van der Waals surface area contributed by atoms with Gasteiger partial charge in [-0.3, -0.25) is 14.4 Å². The Balaban J connectivity index is 1.98. The minimum absolute atomic E-state index is 0.118. The number of rotatable bonds is 8. The molecule has 1 aromatic rings. The second-order valence-corrected chi connectivity index (χ2v) is 12.4. The minimum atomic E-state index is -1.77. The molecule has 10 heteroatoms. The molecule has 226 valence electrons. The van der Waals surface area contributed by atoms with Crippen LogP contribution in [0.5, 0.6) is 0 Å². The van der Waals surface area contributed by atoms with Crippen LogP contribution in [0, 0.1) is 17.3 Å². The molecule has 0 aromatic heterocycles. The fourth-order valence-electron chi connectivity index (χ4n) is 7.23. The number of carbonyl (C=O) groups is 4. The number of aliphatic hydroxyl groups is 1. The molecule has 10 nitrogen and oxygen atoms in total. The largest absolute Gasteiger partial charge is 0.465 e. The normalized spacial score (nSPS) is 35.9. The van der Waals surface area contributed by atoms with E-state index in [1.165, 1.54) is 13.8 Å². The van der Waals surface area contributed by atoms with Crippen molar-refractivity contribution in [1.82, 2.24) is 0 Å². The van der Waals surface area contributed by atoms with E-state index in [-0.39, 0.29) is 19.3 Å². The van der Waals surface area contributed by atoms with Crippen LogP contribution in [0.3, 0.4) is 0 Å². The van der Waals surface area contributed by atoms with Crippen molar-refractivity contribution in [3.8, 4) is 0 Å². The molecule has 2 saturated carbocycles. The van der Waals surface area contributed by atoms with E-state index < -0.39 is 82.8 Å². The lowest BCUT2D eigenvalue weighted by atomic mass is 9.47. The van der Waals surface area contributed by atoms with Crippen LogP contribution < -0.4 is 0 Å². The molecular formula is C31H42O10. The van der Waals surface area contributed by atoms with Crippen molar-refractivity contribution < 1.29 is 48.0 Å². The first-order chi connectivity index (χ1) is 19.1. The lowest BCUT2D eigenvalue weighted by molar-refractivity contribution is -0.340. The first-order valence-electron chi connectivity index (χ1n) is 14.3. The highest BCUT2D eigenvalue weighted by molar-refractivity contribution is 5.89. The van der Waals surface area contributed by atoms with Gasteiger partial charge in [0, 0.05) is 19.8 Å². The van der Waals surface area contributed by atoms with Crippen LogP contribution in [0.4, 0.5) is 0 Å². The van der Waals surface area contributed by atoms with Gasteiger partial charge in [-0.05, 0) is 58.6 Å². The molecular weight excluding hydrogens is 532 g/mol. The van der Waals surface area contributed by atoms with Crippen LogP contribution >= 0.6 is 0 Å². The first-order valence-corrected chi connectivity index (χ1v) is 14.3. The standard InChI is InChI=1S/C31H42O10/c1-8-18(2)26(34)39-23-14-15-29(7,36)31-25(38-20(4)33)22(28(5,6)41-31)16-24(30(23,31)17-37-19(3)32)40-27(35)21-12-10-9-11-13-21/h9-13,18,22-25,36H,8,14-17H2,1-7H3/t18?,22-,23+,24-,25-,29+,30+,31+/m1/s1. The molecule has 2 aliphatic carbocycles. The zero-order valence-corrected chi connectivity index (χ0v) is 24.9. The van der Waals surface area contributed by atoms with Crippen molar-refractivity contribution in [3.63, 3.8) is 0 Å². The average Bonchev–Trinajstić information content (AvgIpc) is 3.07. The quantitative estimate of drug-likeness (QED) is 0.361. The highest BCUT2D eigenvalue weighted by Gasteiger charge is 2.84. The summed E-state index contributed by atoms with van der Waals surface area (Å²) < 4.78 is 30.9. The minimum Gasteiger partial charge on any atom is -0.465 e. The highest BCUT2D eigenvalue weighted by Crippen LogP contribution is 2.69. The van der Waals surface area contributed by atoms with E-state index in [0.29, 0.717) is 12.0 Å². The van der Waals surface area contributed by atoms with Crippen molar-refractivity contribution in [1.29, 1.82) is 0 Å². The van der Waals surface area contributed by atoms with E-state index >= 15 is 0 Å². The number of hydrogen-bond donors (Lipinski definition) is 1. The van der Waals surface area contributed by atoms with Crippen LogP contribution in [-0.4, -0.2) is 70.7 Å². The Morgan fingerprint density at radius 1 is 1.00 bits per heavy atom. The summed E-state index contributed by atoms with van der Waals surface area (Å²) in [5.74, 6) is -3.27. The van der Waals surface area contributed by atoms with Crippen molar-refractivity contribution in [3.05, 3.63) is 35.9 Å². The van der Waals surface area contributed by atoms with E-state index in [1.54, 1.807) is 44.2 Å². The Morgan fingerprint density at radius 3 is 2.24 bits per heavy atom. The number of esters is 4. The SMILES string of the molecule is CCC(C)C(=O)O[C@H]1CC[C@](C)(O)[C@]23OC(C)(C)[C@H](C[C@@H](OC(=O)c4ccccc4)[C@]12COC(C)=O)[C@H]3OC(C)=O. The summed E-state index contributed by atoms with van der Waals surface area (Å²) in [6.45, 7) is 10.9. The Morgan fingerprint density at radius 2 is 1.66 bits per heavy atom. The van der Waals surface area contributed by atoms with Gasteiger partial charge in [-0.1, -0.05) is 32.0 Å². The molecule has 3 fully saturated rings. The monoisotopic (exact) mass is 574 g/mol. The molecule has 1 spiro atoms. The van der Waals surface area contributed by atoms with Crippen molar-refractivity contribution in [2.24, 2.45) is 17.3 Å². The van der Waals surface area contributed by atoms with E-state index in [9.17, 15) is 24.3 Å². The van der Waals surface area contributed by atoms with Gasteiger partial charge in [0.25, 0.3) is 0 Å². The molecule has 4 rings (SSSR count). The Kier molecular flexibility index (Phi) is 8.32. The molecule has 1 heterocycles. The zero-order valence-electron chi connectivity index (χ0n) is 24.9. The Bertz CT molecular complexity index is 1180. The van der Waals surface area contributed by atoms with E-state index in [4.69, 9.17) is 23.7 Å². The van der Waals surface area contributed by atoms with Gasteiger partial charge in [0.1, 0.15) is 30.3 Å². The number of hydrogen-bond acceptors (Lipinski definition) is 10. The van der Waals surface area contributed by atoms with Gasteiger partial charge in [0.15, 0.2) is 5.60 Å². The van der Waals surface area contributed by atoms with Crippen LogP contribution in [0.1, 0.15) is 84.5 Å². The molecule has 2 bridgehead atoms. The fourth-order valence-corrected chi connectivity index (χ4v) is 7.23. The topological polar surface area (TPSA) is 135 Å². The van der Waals surface area contributed by atoms with Gasteiger partial charge in [0.2, 0.25) is 0 Å². The van der Waals surface area contributed by atoms with Gasteiger partial charge < -0.3 is 28.8 Å². The number of ether oxygens (including phenoxy) is 5. The molecule has 0 amide bonds. The Labute approximate surface area is 241 Å². The third-order valence-electron chi connectivity index (χ3n) is 9.42. The molecule has 41 heavy (non-hydrogen) atoms. The fraction of sp³-hybridized carbons (Fsp3) is 0.677. The van der Waals surface area contributed by atoms with E-state index in [0.717, 1.165) is 0 Å². The number of fused-ring (bicyclic) bond motifs is 1. The molecule has 1 aromatic carbocycles. The predicted octanol–water partition coefficient (Wildman–Crippen LogP) is 3.76. The zero-order chi connectivity index (χ0) is 30.4. The molecule has 0 radical (unpaired) electrons. The molecule has 1 saturated heterocycles. The van der Waals surface area contributed by atoms with Gasteiger partial charge in [0.05, 0.1) is 22.7 Å². The molecule has 1 aliphatic heterocycles. The van der Waals surface area contributed by atoms with Crippen molar-refractivity contribution >= 4 is 23.9 Å². The first kappa shape index (κ1) is 31.0. The summed E-state index contributed by atoms with van der Waals surface area (Å²) in [6, 6.07) is 8.43. The van der Waals surface area contributed by atoms with Crippen molar-refractivity contribution in [2.45, 2.75) is 109 Å². The molecule has 3 aliphatic rings. The second-order valence-electron chi connectivity index (χ2n) is 12.4. The average molecular weight is 575 g/mol. The van der Waals surface area contributed by atoms with Crippen molar-refractivity contribution in [2.75, 3.05) is 6.61 Å². The molecule has 1 N–H and O–H groups in total. The second kappa shape index (κ2) is 11.0. The maximum atomic E-state index is 13.5. The van der Waals surface area contributed by atoms with Gasteiger partial charge in [-0.25, -0.2) is 4.79 Å². The number of carbonyl (C=O) groups excluding carboxylic acids is 4. The summed E-state index contributed by atoms with van der Waals surface area (Å²) in [6.07, 6.45) is -2.12. The van der Waals surface area contributed by atoms with Crippen LogP contribution in [0.15, 0.2) is 30.3 Å². The van der Waals surface area contributed by atoms with Gasteiger partial charge in [-0.15, -0.1) is 0 Å². The van der Waals surface area contributed by atoms with E-state index in [2.05, 4.69) is 0 Å². The van der Waals surface area contributed by atoms with Crippen LogP contribution in [0.2, 0.25) is 0 Å². The lowest BCUT2D eigenvalue weighted by Gasteiger charge is -2.64. The number of benzene rings is 1. The summed E-state index contributed by atoms with van der Waals surface area (Å²) in [5.41, 5.74) is -5.74. The van der Waals surface area contributed by atoms with E-state index in [1.807, 2.05) is 20.8 Å². The summed E-state index contributed by atoms with van der Waals surface area (Å²) in [4.78, 5) is 51.6. The molecule has 1 unspecified atom stereocenters.